The van der Waals surface area contributed by atoms with Crippen molar-refractivity contribution in [3.05, 3.63) is 24.3 Å². The maximum atomic E-state index is 3.57. The number of nitrogens with zero attached hydrogens (tertiary/aromatic N) is 1. The van der Waals surface area contributed by atoms with E-state index in [1.54, 1.807) is 0 Å². The zero-order valence-electron chi connectivity index (χ0n) is 12.3. The van der Waals surface area contributed by atoms with E-state index in [1.807, 2.05) is 0 Å². The van der Waals surface area contributed by atoms with Gasteiger partial charge in [0, 0.05) is 37.1 Å². The first-order chi connectivity index (χ1) is 9.33. The number of hydrogen-bond donors (Lipinski definition) is 2. The van der Waals surface area contributed by atoms with Crippen LogP contribution in [0.25, 0.3) is 0 Å². The minimum atomic E-state index is 0.635. The third-order valence-electron chi connectivity index (χ3n) is 3.96. The minimum absolute atomic E-state index is 0.635. The molecule has 0 bridgehead atoms. The molecule has 2 rings (SSSR count). The van der Waals surface area contributed by atoms with Gasteiger partial charge in [0.15, 0.2) is 0 Å². The summed E-state index contributed by atoms with van der Waals surface area (Å²) >= 11 is 0. The lowest BCUT2D eigenvalue weighted by Gasteiger charge is -2.24. The van der Waals surface area contributed by atoms with Gasteiger partial charge in [0.05, 0.1) is 0 Å². The van der Waals surface area contributed by atoms with Crippen molar-refractivity contribution < 1.29 is 0 Å². The maximum absolute atomic E-state index is 3.57. The first-order valence-corrected chi connectivity index (χ1v) is 7.65. The van der Waals surface area contributed by atoms with Crippen LogP contribution in [-0.4, -0.2) is 32.2 Å². The van der Waals surface area contributed by atoms with E-state index in [0.717, 1.165) is 19.6 Å². The van der Waals surface area contributed by atoms with Gasteiger partial charge >= 0.3 is 0 Å². The normalized spacial score (nSPS) is 19.2. The van der Waals surface area contributed by atoms with Crippen LogP contribution in [0.1, 0.15) is 33.1 Å². The Labute approximate surface area is 117 Å². The van der Waals surface area contributed by atoms with Crippen molar-refractivity contribution in [2.75, 3.05) is 36.4 Å². The molecule has 3 nitrogen and oxygen atoms in total. The van der Waals surface area contributed by atoms with Crippen LogP contribution in [0.4, 0.5) is 11.4 Å². The monoisotopic (exact) mass is 261 g/mol. The molecule has 1 atom stereocenters. The summed E-state index contributed by atoms with van der Waals surface area (Å²) in [5.74, 6) is 0. The summed E-state index contributed by atoms with van der Waals surface area (Å²) < 4.78 is 0. The molecule has 1 saturated heterocycles. The lowest BCUT2D eigenvalue weighted by Crippen LogP contribution is -2.39. The van der Waals surface area contributed by atoms with E-state index in [4.69, 9.17) is 0 Å². The average Bonchev–Trinajstić information content (AvgIpc) is 2.49. The Bertz CT molecular complexity index is 351. The van der Waals surface area contributed by atoms with E-state index < -0.39 is 0 Å². The molecule has 0 aromatic heterocycles. The molecule has 1 aliphatic rings. The summed E-state index contributed by atoms with van der Waals surface area (Å²) in [5, 5.41) is 7.10. The molecule has 0 amide bonds. The Morgan fingerprint density at radius 1 is 1.16 bits per heavy atom. The number of rotatable bonds is 6. The quantitative estimate of drug-likeness (QED) is 0.824. The zero-order valence-corrected chi connectivity index (χ0v) is 12.3. The van der Waals surface area contributed by atoms with Crippen LogP contribution in [0.3, 0.4) is 0 Å². The SMILES string of the molecule is CCN(CC)c1ccc(NCC2CCCCN2)cc1. The van der Waals surface area contributed by atoms with E-state index in [1.165, 1.54) is 37.2 Å². The number of nitrogens with one attached hydrogen (secondary N) is 2. The predicted octanol–water partition coefficient (Wildman–Crippen LogP) is 3.09. The van der Waals surface area contributed by atoms with Crippen molar-refractivity contribution in [1.29, 1.82) is 0 Å². The van der Waals surface area contributed by atoms with E-state index in [2.05, 4.69) is 53.6 Å². The first-order valence-electron chi connectivity index (χ1n) is 7.65. The van der Waals surface area contributed by atoms with Crippen LogP contribution in [0.5, 0.6) is 0 Å². The Morgan fingerprint density at radius 3 is 2.47 bits per heavy atom. The van der Waals surface area contributed by atoms with Gasteiger partial charge in [-0.2, -0.15) is 0 Å². The summed E-state index contributed by atoms with van der Waals surface area (Å²) in [6.07, 6.45) is 3.99. The highest BCUT2D eigenvalue weighted by atomic mass is 15.1. The van der Waals surface area contributed by atoms with Gasteiger partial charge in [-0.15, -0.1) is 0 Å². The van der Waals surface area contributed by atoms with Crippen LogP contribution >= 0.6 is 0 Å². The van der Waals surface area contributed by atoms with E-state index >= 15 is 0 Å². The molecule has 0 aliphatic carbocycles. The van der Waals surface area contributed by atoms with Crippen molar-refractivity contribution in [1.82, 2.24) is 5.32 Å². The largest absolute Gasteiger partial charge is 0.383 e. The maximum Gasteiger partial charge on any atom is 0.0367 e. The van der Waals surface area contributed by atoms with Crippen molar-refractivity contribution >= 4 is 11.4 Å². The van der Waals surface area contributed by atoms with Crippen molar-refractivity contribution in [3.8, 4) is 0 Å². The number of anilines is 2. The van der Waals surface area contributed by atoms with Gasteiger partial charge in [-0.3, -0.25) is 0 Å². The molecule has 0 spiro atoms. The third kappa shape index (κ3) is 4.13. The molecule has 1 aliphatic heterocycles. The zero-order chi connectivity index (χ0) is 13.5. The standard InChI is InChI=1S/C16H27N3/c1-3-19(4-2)16-10-8-14(9-11-16)18-13-15-7-5-6-12-17-15/h8-11,15,17-18H,3-7,12-13H2,1-2H3. The molecular formula is C16H27N3. The van der Waals surface area contributed by atoms with Crippen molar-refractivity contribution in [2.24, 2.45) is 0 Å². The molecule has 106 valence electrons. The van der Waals surface area contributed by atoms with Crippen LogP contribution in [0.2, 0.25) is 0 Å². The van der Waals surface area contributed by atoms with E-state index in [0.29, 0.717) is 6.04 Å². The summed E-state index contributed by atoms with van der Waals surface area (Å²) in [6, 6.07) is 9.44. The first kappa shape index (κ1) is 14.2. The van der Waals surface area contributed by atoms with Crippen molar-refractivity contribution in [2.45, 2.75) is 39.2 Å². The van der Waals surface area contributed by atoms with Gasteiger partial charge in [0.2, 0.25) is 0 Å². The highest BCUT2D eigenvalue weighted by molar-refractivity contribution is 5.55. The van der Waals surface area contributed by atoms with Gasteiger partial charge < -0.3 is 15.5 Å². The van der Waals surface area contributed by atoms with Crippen LogP contribution in [0, 0.1) is 0 Å². The second-order valence-electron chi connectivity index (χ2n) is 5.25. The second kappa shape index (κ2) is 7.39. The number of hydrogen-bond acceptors (Lipinski definition) is 3. The molecule has 1 aromatic carbocycles. The highest BCUT2D eigenvalue weighted by Crippen LogP contribution is 2.18. The Morgan fingerprint density at radius 2 is 1.89 bits per heavy atom. The number of piperidine rings is 1. The lowest BCUT2D eigenvalue weighted by atomic mass is 10.1. The van der Waals surface area contributed by atoms with Gasteiger partial charge in [-0.25, -0.2) is 0 Å². The van der Waals surface area contributed by atoms with E-state index in [-0.39, 0.29) is 0 Å². The second-order valence-corrected chi connectivity index (χ2v) is 5.25. The molecular weight excluding hydrogens is 234 g/mol. The third-order valence-corrected chi connectivity index (χ3v) is 3.96. The summed E-state index contributed by atoms with van der Waals surface area (Å²) in [6.45, 7) is 8.73. The molecule has 1 unspecified atom stereocenters. The predicted molar refractivity (Wildman–Crippen MR) is 84.1 cm³/mol. The molecule has 2 N–H and O–H groups in total. The molecule has 0 saturated carbocycles. The fraction of sp³-hybridized carbons (Fsp3) is 0.625. The average molecular weight is 261 g/mol. The number of benzene rings is 1. The Kier molecular flexibility index (Phi) is 5.52. The van der Waals surface area contributed by atoms with Crippen LogP contribution < -0.4 is 15.5 Å². The van der Waals surface area contributed by atoms with Crippen LogP contribution in [0.15, 0.2) is 24.3 Å². The molecule has 3 heteroatoms. The van der Waals surface area contributed by atoms with Gasteiger partial charge in [-0.05, 0) is 57.5 Å². The minimum Gasteiger partial charge on any atom is -0.383 e. The fourth-order valence-electron chi connectivity index (χ4n) is 2.72. The molecule has 0 radical (unpaired) electrons. The van der Waals surface area contributed by atoms with Crippen molar-refractivity contribution in [3.63, 3.8) is 0 Å². The molecule has 1 aromatic rings. The van der Waals surface area contributed by atoms with Gasteiger partial charge in [-0.1, -0.05) is 6.42 Å². The Hall–Kier alpha value is -1.22. The molecule has 19 heavy (non-hydrogen) atoms. The smallest absolute Gasteiger partial charge is 0.0367 e. The van der Waals surface area contributed by atoms with Gasteiger partial charge in [0.25, 0.3) is 0 Å². The topological polar surface area (TPSA) is 27.3 Å². The summed E-state index contributed by atoms with van der Waals surface area (Å²) in [7, 11) is 0. The lowest BCUT2D eigenvalue weighted by molar-refractivity contribution is 0.414. The Balaban J connectivity index is 1.84. The highest BCUT2D eigenvalue weighted by Gasteiger charge is 2.11. The van der Waals surface area contributed by atoms with Crippen LogP contribution in [-0.2, 0) is 0 Å². The molecule has 1 heterocycles. The summed E-state index contributed by atoms with van der Waals surface area (Å²) in [4.78, 5) is 2.37. The molecule has 1 fully saturated rings. The summed E-state index contributed by atoms with van der Waals surface area (Å²) in [5.41, 5.74) is 2.54. The fourth-order valence-corrected chi connectivity index (χ4v) is 2.72. The van der Waals surface area contributed by atoms with Gasteiger partial charge in [0.1, 0.15) is 0 Å². The van der Waals surface area contributed by atoms with E-state index in [9.17, 15) is 0 Å².